The van der Waals surface area contributed by atoms with E-state index in [1.165, 1.54) is 22.1 Å². The molecular weight excluding hydrogens is 434 g/mol. The second-order valence-corrected chi connectivity index (χ2v) is 8.17. The first kappa shape index (κ1) is 19.9. The van der Waals surface area contributed by atoms with Gasteiger partial charge in [-0.3, -0.25) is 14.2 Å². The average Bonchev–Trinajstić information content (AvgIpc) is 3.45. The summed E-state index contributed by atoms with van der Waals surface area (Å²) in [4.78, 5) is 47.3. The Kier molecular flexibility index (Phi) is 4.94. The number of fused-ring (bicyclic) bond motifs is 1. The molecule has 5 heterocycles. The summed E-state index contributed by atoms with van der Waals surface area (Å²) in [6.45, 7) is 1.30. The van der Waals surface area contributed by atoms with Crippen LogP contribution in [0, 0.1) is 5.92 Å². The van der Waals surface area contributed by atoms with Gasteiger partial charge >= 0.3 is 5.97 Å². The first-order chi connectivity index (χ1) is 15.5. The van der Waals surface area contributed by atoms with Crippen molar-refractivity contribution in [1.82, 2.24) is 19.9 Å². The summed E-state index contributed by atoms with van der Waals surface area (Å²) < 4.78 is 6.73. The van der Waals surface area contributed by atoms with Crippen LogP contribution in [0.15, 0.2) is 57.5 Å². The molecule has 0 aliphatic carbocycles. The molecule has 162 valence electrons. The maximum absolute atomic E-state index is 12.6. The molecule has 0 aromatic carbocycles. The number of hydrogen-bond donors (Lipinski definition) is 2. The van der Waals surface area contributed by atoms with Crippen LogP contribution in [-0.4, -0.2) is 44.6 Å². The second kappa shape index (κ2) is 7.93. The molecule has 4 aromatic heterocycles. The molecule has 1 amide bonds. The van der Waals surface area contributed by atoms with Gasteiger partial charge in [0, 0.05) is 30.9 Å². The van der Waals surface area contributed by atoms with Crippen LogP contribution in [0.3, 0.4) is 0 Å². The lowest BCUT2D eigenvalue weighted by molar-refractivity contribution is -0.126. The largest absolute Gasteiger partial charge is 0.477 e. The van der Waals surface area contributed by atoms with Crippen molar-refractivity contribution in [3.05, 3.63) is 69.8 Å². The molecule has 10 nitrogen and oxygen atoms in total. The lowest BCUT2D eigenvalue weighted by Crippen LogP contribution is -2.54. The number of aromatic nitrogens is 3. The molecule has 1 fully saturated rings. The number of furan rings is 1. The van der Waals surface area contributed by atoms with Crippen LogP contribution in [-0.2, 0) is 11.3 Å². The van der Waals surface area contributed by atoms with Crippen molar-refractivity contribution >= 4 is 40.1 Å². The minimum absolute atomic E-state index is 0.0655. The third-order valence-electron chi connectivity index (χ3n) is 5.29. The van der Waals surface area contributed by atoms with Gasteiger partial charge in [-0.1, -0.05) is 0 Å². The molecule has 1 aliphatic heterocycles. The number of hydrogen-bond acceptors (Lipinski definition) is 8. The van der Waals surface area contributed by atoms with Gasteiger partial charge in [-0.15, -0.1) is 11.3 Å². The third-order valence-corrected chi connectivity index (χ3v) is 6.06. The number of amides is 1. The lowest BCUT2D eigenvalue weighted by Gasteiger charge is -2.39. The van der Waals surface area contributed by atoms with Gasteiger partial charge in [0.05, 0.1) is 24.1 Å². The van der Waals surface area contributed by atoms with E-state index in [4.69, 9.17) is 4.42 Å². The fourth-order valence-electron chi connectivity index (χ4n) is 3.57. The van der Waals surface area contributed by atoms with E-state index in [-0.39, 0.29) is 22.8 Å². The lowest BCUT2D eigenvalue weighted by atomic mass is 9.99. The number of nitrogens with one attached hydrogen (secondary N) is 1. The molecule has 1 saturated heterocycles. The van der Waals surface area contributed by atoms with E-state index >= 15 is 0 Å². The molecule has 0 atom stereocenters. The zero-order valence-corrected chi connectivity index (χ0v) is 17.4. The van der Waals surface area contributed by atoms with Crippen molar-refractivity contribution in [1.29, 1.82) is 0 Å². The summed E-state index contributed by atoms with van der Waals surface area (Å²) in [5, 5.41) is 14.7. The maximum atomic E-state index is 12.6. The monoisotopic (exact) mass is 451 g/mol. The van der Waals surface area contributed by atoms with Crippen LogP contribution in [0.2, 0.25) is 0 Å². The van der Waals surface area contributed by atoms with Crippen molar-refractivity contribution in [2.24, 2.45) is 5.92 Å². The van der Waals surface area contributed by atoms with E-state index in [0.29, 0.717) is 42.0 Å². The fraction of sp³-hybridized carbons (Fsp3) is 0.190. The molecule has 2 N–H and O–H groups in total. The Hall–Kier alpha value is -3.99. The van der Waals surface area contributed by atoms with E-state index in [2.05, 4.69) is 15.3 Å². The van der Waals surface area contributed by atoms with E-state index in [1.54, 1.807) is 42.1 Å². The zero-order valence-electron chi connectivity index (χ0n) is 16.6. The molecule has 0 unspecified atom stereocenters. The van der Waals surface area contributed by atoms with E-state index in [0.717, 1.165) is 0 Å². The van der Waals surface area contributed by atoms with Crippen LogP contribution >= 0.6 is 11.3 Å². The number of carbonyl (C=O) groups excluding carboxylic acids is 1. The number of carbonyl (C=O) groups is 2. The quantitative estimate of drug-likeness (QED) is 0.454. The van der Waals surface area contributed by atoms with Gasteiger partial charge < -0.3 is 19.7 Å². The number of carboxylic acid groups (broad SMARTS) is 1. The highest BCUT2D eigenvalue weighted by atomic mass is 32.1. The highest BCUT2D eigenvalue weighted by Crippen LogP contribution is 2.26. The van der Waals surface area contributed by atoms with Crippen LogP contribution in [0.5, 0.6) is 0 Å². The smallest absolute Gasteiger partial charge is 0.341 e. The molecule has 0 bridgehead atoms. The normalized spacial score (nSPS) is 13.8. The second-order valence-electron chi connectivity index (χ2n) is 7.30. The Morgan fingerprint density at radius 3 is 2.81 bits per heavy atom. The van der Waals surface area contributed by atoms with Gasteiger partial charge in [-0.05, 0) is 24.3 Å². The molecule has 1 aliphatic rings. The van der Waals surface area contributed by atoms with Crippen molar-refractivity contribution in [3.8, 4) is 5.13 Å². The minimum Gasteiger partial charge on any atom is -0.477 e. The highest BCUT2D eigenvalue weighted by Gasteiger charge is 2.33. The molecule has 11 heteroatoms. The fourth-order valence-corrected chi connectivity index (χ4v) is 4.18. The van der Waals surface area contributed by atoms with Gasteiger partial charge in [0.1, 0.15) is 17.1 Å². The van der Waals surface area contributed by atoms with Crippen molar-refractivity contribution in [2.45, 2.75) is 6.54 Å². The van der Waals surface area contributed by atoms with Gasteiger partial charge in [0.15, 0.2) is 10.8 Å². The van der Waals surface area contributed by atoms with E-state index in [1.807, 2.05) is 4.90 Å². The van der Waals surface area contributed by atoms with Crippen LogP contribution in [0.4, 0.5) is 5.82 Å². The number of carboxylic acids is 1. The van der Waals surface area contributed by atoms with Gasteiger partial charge in [-0.2, -0.15) is 0 Å². The van der Waals surface area contributed by atoms with Gasteiger partial charge in [-0.25, -0.2) is 14.8 Å². The maximum Gasteiger partial charge on any atom is 0.341 e. The predicted molar refractivity (Wildman–Crippen MR) is 116 cm³/mol. The Bertz CT molecular complexity index is 1360. The summed E-state index contributed by atoms with van der Waals surface area (Å²) in [6, 6.07) is 6.80. The van der Waals surface area contributed by atoms with Crippen molar-refractivity contribution in [2.75, 3.05) is 18.0 Å². The number of rotatable bonds is 6. The molecule has 5 rings (SSSR count). The zero-order chi connectivity index (χ0) is 22.2. The summed E-state index contributed by atoms with van der Waals surface area (Å²) >= 11 is 1.30. The summed E-state index contributed by atoms with van der Waals surface area (Å²) in [5.74, 6) is -0.272. The Labute approximate surface area is 184 Å². The number of thiazole rings is 1. The Balaban J connectivity index is 1.40. The first-order valence-corrected chi connectivity index (χ1v) is 10.6. The molecular formula is C21H17N5O5S. The Morgan fingerprint density at radius 1 is 1.28 bits per heavy atom. The minimum atomic E-state index is -1.31. The number of pyridine rings is 2. The van der Waals surface area contributed by atoms with Crippen LogP contribution in [0.1, 0.15) is 16.1 Å². The summed E-state index contributed by atoms with van der Waals surface area (Å²) in [7, 11) is 0. The molecule has 0 spiro atoms. The molecule has 0 radical (unpaired) electrons. The number of aromatic carboxylic acids is 1. The first-order valence-electron chi connectivity index (χ1n) is 9.76. The standard InChI is InChI=1S/C21H17N5O5S/c27-17-14-3-4-16(25-9-12(10-25)19(28)23-8-13-2-1-6-31-13)24-18(14)26(11-15(17)20(29)30)21-22-5-7-32-21/h1-7,11-12H,8-10H2,(H,23,28)(H,29,30). The predicted octanol–water partition coefficient (Wildman–Crippen LogP) is 1.89. The summed E-state index contributed by atoms with van der Waals surface area (Å²) in [6.07, 6.45) is 4.40. The third kappa shape index (κ3) is 3.52. The van der Waals surface area contributed by atoms with Crippen LogP contribution < -0.4 is 15.6 Å². The van der Waals surface area contributed by atoms with Crippen molar-refractivity contribution in [3.63, 3.8) is 0 Å². The Morgan fingerprint density at radius 2 is 2.12 bits per heavy atom. The van der Waals surface area contributed by atoms with Crippen molar-refractivity contribution < 1.29 is 19.1 Å². The number of anilines is 1. The number of nitrogens with zero attached hydrogens (tertiary/aromatic N) is 4. The SMILES string of the molecule is O=C(O)c1cn(-c2nccs2)c2nc(N3CC(C(=O)NCc4ccco4)C3)ccc2c1=O. The van der Waals surface area contributed by atoms with Gasteiger partial charge in [0.25, 0.3) is 0 Å². The molecule has 4 aromatic rings. The average molecular weight is 451 g/mol. The summed E-state index contributed by atoms with van der Waals surface area (Å²) in [5.41, 5.74) is -0.629. The highest BCUT2D eigenvalue weighted by molar-refractivity contribution is 7.12. The topological polar surface area (TPSA) is 131 Å². The van der Waals surface area contributed by atoms with Crippen LogP contribution in [0.25, 0.3) is 16.2 Å². The van der Waals surface area contributed by atoms with E-state index < -0.39 is 11.4 Å². The van der Waals surface area contributed by atoms with E-state index in [9.17, 15) is 19.5 Å². The molecule has 32 heavy (non-hydrogen) atoms. The van der Waals surface area contributed by atoms with Gasteiger partial charge in [0.2, 0.25) is 11.3 Å². The molecule has 0 saturated carbocycles.